The summed E-state index contributed by atoms with van der Waals surface area (Å²) in [6, 6.07) is 0. The Balaban J connectivity index is 2.77. The van der Waals surface area contributed by atoms with Gasteiger partial charge in [-0.3, -0.25) is 14.9 Å². The molecule has 0 saturated carbocycles. The van der Waals surface area contributed by atoms with Gasteiger partial charge in [0.15, 0.2) is 0 Å². The molecule has 0 aliphatic rings. The van der Waals surface area contributed by atoms with Crippen LogP contribution in [0.3, 0.4) is 0 Å². The van der Waals surface area contributed by atoms with Gasteiger partial charge in [-0.15, -0.1) is 0 Å². The maximum atomic E-state index is 11.6. The minimum absolute atomic E-state index is 0.00982. The molecule has 1 rings (SSSR count). The number of nitrogen functional groups attached to an aromatic ring is 1. The van der Waals surface area contributed by atoms with E-state index in [2.05, 4.69) is 15.3 Å². The molecule has 0 fully saturated rings. The molecule has 0 aliphatic heterocycles. The zero-order valence-electron chi connectivity index (χ0n) is 11.2. The van der Waals surface area contributed by atoms with Gasteiger partial charge in [-0.2, -0.15) is 0 Å². The Morgan fingerprint density at radius 1 is 1.60 bits per heavy atom. The highest BCUT2D eigenvalue weighted by Gasteiger charge is 2.24. The van der Waals surface area contributed by atoms with Crippen LogP contribution in [0.15, 0.2) is 6.33 Å². The molecule has 110 valence electrons. The largest absolute Gasteiger partial charge is 0.383 e. The Bertz CT molecular complexity index is 495. The third-order valence-corrected chi connectivity index (χ3v) is 2.38. The zero-order chi connectivity index (χ0) is 15.1. The van der Waals surface area contributed by atoms with Crippen LogP contribution in [0, 0.1) is 10.1 Å². The molecule has 1 amide bonds. The van der Waals surface area contributed by atoms with Crippen LogP contribution in [-0.2, 0) is 9.53 Å². The number of anilines is 2. The number of nitrogens with zero attached hydrogens (tertiary/aromatic N) is 4. The van der Waals surface area contributed by atoms with Crippen molar-refractivity contribution in [2.45, 2.75) is 0 Å². The average Bonchev–Trinajstić information content (AvgIpc) is 2.38. The fraction of sp³-hybridized carbons (Fsp3) is 0.500. The van der Waals surface area contributed by atoms with E-state index in [1.54, 1.807) is 0 Å². The first-order valence-corrected chi connectivity index (χ1v) is 5.69. The number of nitrogens with one attached hydrogen (secondary N) is 1. The molecule has 3 N–H and O–H groups in total. The highest BCUT2D eigenvalue weighted by atomic mass is 16.6. The van der Waals surface area contributed by atoms with Gasteiger partial charge >= 0.3 is 5.69 Å². The third kappa shape index (κ3) is 4.02. The van der Waals surface area contributed by atoms with E-state index in [0.717, 1.165) is 6.33 Å². The number of aromatic nitrogens is 2. The molecule has 10 heteroatoms. The van der Waals surface area contributed by atoms with E-state index in [1.165, 1.54) is 19.1 Å². The monoisotopic (exact) mass is 284 g/mol. The van der Waals surface area contributed by atoms with Gasteiger partial charge in [0.05, 0.1) is 18.1 Å². The molecule has 20 heavy (non-hydrogen) atoms. The minimum atomic E-state index is -0.677. The van der Waals surface area contributed by atoms with Crippen LogP contribution in [0.25, 0.3) is 0 Å². The topological polar surface area (TPSA) is 137 Å². The number of hydrogen-bond acceptors (Lipinski definition) is 8. The maximum absolute atomic E-state index is 11.6. The first-order chi connectivity index (χ1) is 9.47. The summed E-state index contributed by atoms with van der Waals surface area (Å²) in [5.41, 5.74) is 5.04. The smallest absolute Gasteiger partial charge is 0.353 e. The summed E-state index contributed by atoms with van der Waals surface area (Å²) < 4.78 is 4.79. The van der Waals surface area contributed by atoms with Crippen LogP contribution in [-0.4, -0.2) is 54.7 Å². The Morgan fingerprint density at radius 2 is 2.30 bits per heavy atom. The summed E-state index contributed by atoms with van der Waals surface area (Å²) in [6.07, 6.45) is 1.11. The van der Waals surface area contributed by atoms with Gasteiger partial charge in [0.1, 0.15) is 6.33 Å². The lowest BCUT2D eigenvalue weighted by Gasteiger charge is -2.17. The van der Waals surface area contributed by atoms with Crippen molar-refractivity contribution < 1.29 is 14.5 Å². The van der Waals surface area contributed by atoms with E-state index in [4.69, 9.17) is 10.5 Å². The molecule has 1 heterocycles. The SMILES string of the molecule is COCCNC(=O)CN(C)c1ncnc(N)c1[N+](=O)[O-]. The molecular weight excluding hydrogens is 268 g/mol. The van der Waals surface area contributed by atoms with Crippen molar-refractivity contribution >= 4 is 23.2 Å². The third-order valence-electron chi connectivity index (χ3n) is 2.38. The van der Waals surface area contributed by atoms with E-state index in [-0.39, 0.29) is 24.1 Å². The van der Waals surface area contributed by atoms with E-state index in [0.29, 0.717) is 13.2 Å². The lowest BCUT2D eigenvalue weighted by Crippen LogP contribution is -2.37. The fourth-order valence-electron chi connectivity index (χ4n) is 1.48. The lowest BCUT2D eigenvalue weighted by atomic mass is 10.4. The molecular formula is C10H16N6O4. The number of ether oxygens (including phenoxy) is 1. The van der Waals surface area contributed by atoms with Crippen molar-refractivity contribution in [3.63, 3.8) is 0 Å². The van der Waals surface area contributed by atoms with Crippen LogP contribution in [0.2, 0.25) is 0 Å². The number of methoxy groups -OCH3 is 1. The predicted molar refractivity (Wildman–Crippen MR) is 71.3 cm³/mol. The van der Waals surface area contributed by atoms with Gasteiger partial charge in [-0.05, 0) is 0 Å². The molecule has 0 aliphatic carbocycles. The number of amides is 1. The van der Waals surface area contributed by atoms with Gasteiger partial charge in [0, 0.05) is 20.7 Å². The summed E-state index contributed by atoms with van der Waals surface area (Å²) in [7, 11) is 3.02. The normalized spacial score (nSPS) is 10.1. The quantitative estimate of drug-likeness (QED) is 0.376. The van der Waals surface area contributed by atoms with Gasteiger partial charge in [-0.25, -0.2) is 9.97 Å². The molecule has 0 saturated heterocycles. The molecule has 1 aromatic heterocycles. The van der Waals surface area contributed by atoms with Crippen molar-refractivity contribution in [1.29, 1.82) is 0 Å². The predicted octanol–water partition coefficient (Wildman–Crippen LogP) is -0.834. The molecule has 0 unspecified atom stereocenters. The van der Waals surface area contributed by atoms with E-state index in [9.17, 15) is 14.9 Å². The van der Waals surface area contributed by atoms with Gasteiger partial charge in [0.2, 0.25) is 17.5 Å². The fourth-order valence-corrected chi connectivity index (χ4v) is 1.48. The molecule has 0 aromatic carbocycles. The molecule has 10 nitrogen and oxygen atoms in total. The summed E-state index contributed by atoms with van der Waals surface area (Å²) >= 11 is 0. The maximum Gasteiger partial charge on any atom is 0.353 e. The van der Waals surface area contributed by atoms with E-state index < -0.39 is 10.6 Å². The number of carbonyl (C=O) groups is 1. The number of likely N-dealkylation sites (N-methyl/N-ethyl adjacent to an activating group) is 1. The summed E-state index contributed by atoms with van der Waals surface area (Å²) in [5, 5.41) is 13.5. The molecule has 0 bridgehead atoms. The van der Waals surface area contributed by atoms with Gasteiger partial charge in [-0.1, -0.05) is 0 Å². The van der Waals surface area contributed by atoms with Crippen molar-refractivity contribution in [2.75, 3.05) is 44.5 Å². The van der Waals surface area contributed by atoms with Gasteiger partial charge in [0.25, 0.3) is 0 Å². The second-order valence-corrected chi connectivity index (χ2v) is 3.89. The number of hydrogen-bond donors (Lipinski definition) is 2. The molecule has 0 spiro atoms. The van der Waals surface area contributed by atoms with Crippen LogP contribution in [0.1, 0.15) is 0 Å². The number of nitrogens with two attached hydrogens (primary N) is 1. The highest BCUT2D eigenvalue weighted by molar-refractivity contribution is 5.82. The van der Waals surface area contributed by atoms with E-state index >= 15 is 0 Å². The van der Waals surface area contributed by atoms with Crippen molar-refractivity contribution in [3.05, 3.63) is 16.4 Å². The number of carbonyl (C=O) groups excluding carboxylic acids is 1. The Morgan fingerprint density at radius 3 is 2.90 bits per heavy atom. The van der Waals surface area contributed by atoms with Crippen LogP contribution >= 0.6 is 0 Å². The number of nitro groups is 1. The van der Waals surface area contributed by atoms with Crippen molar-refractivity contribution in [1.82, 2.24) is 15.3 Å². The molecule has 0 atom stereocenters. The second kappa shape index (κ2) is 7.19. The first-order valence-electron chi connectivity index (χ1n) is 5.69. The summed E-state index contributed by atoms with van der Waals surface area (Å²) in [5.74, 6) is -0.563. The Kier molecular flexibility index (Phi) is 5.59. The Hall–Kier alpha value is -2.49. The average molecular weight is 284 g/mol. The van der Waals surface area contributed by atoms with Crippen LogP contribution in [0.4, 0.5) is 17.3 Å². The summed E-state index contributed by atoms with van der Waals surface area (Å²) in [6.45, 7) is 0.647. The standard InChI is InChI=1S/C10H16N6O4/c1-15(5-7(17)12-3-4-20-2)10-8(16(18)19)9(11)13-6-14-10/h6H,3-5H2,1-2H3,(H,12,17)(H2,11,13,14). The lowest BCUT2D eigenvalue weighted by molar-refractivity contribution is -0.383. The van der Waals surface area contributed by atoms with Crippen molar-refractivity contribution in [3.8, 4) is 0 Å². The number of rotatable bonds is 7. The highest BCUT2D eigenvalue weighted by Crippen LogP contribution is 2.28. The van der Waals surface area contributed by atoms with Crippen LogP contribution in [0.5, 0.6) is 0 Å². The van der Waals surface area contributed by atoms with Crippen molar-refractivity contribution in [2.24, 2.45) is 0 Å². The van der Waals surface area contributed by atoms with E-state index in [1.807, 2.05) is 0 Å². The van der Waals surface area contributed by atoms with Crippen LogP contribution < -0.4 is 16.0 Å². The molecule has 1 aromatic rings. The Labute approximate surface area is 115 Å². The molecule has 0 radical (unpaired) electrons. The first kappa shape index (κ1) is 15.6. The summed E-state index contributed by atoms with van der Waals surface area (Å²) in [4.78, 5) is 30.6. The minimum Gasteiger partial charge on any atom is -0.383 e. The van der Waals surface area contributed by atoms with Gasteiger partial charge < -0.3 is 20.7 Å². The zero-order valence-corrected chi connectivity index (χ0v) is 11.2. The second-order valence-electron chi connectivity index (χ2n) is 3.89.